The van der Waals surface area contributed by atoms with Gasteiger partial charge in [-0.05, 0) is 36.6 Å². The van der Waals surface area contributed by atoms with Gasteiger partial charge in [0.25, 0.3) is 0 Å². The lowest BCUT2D eigenvalue weighted by Gasteiger charge is -2.12. The molecule has 0 fully saturated rings. The van der Waals surface area contributed by atoms with E-state index in [1.807, 2.05) is 6.92 Å². The highest BCUT2D eigenvalue weighted by Gasteiger charge is 2.13. The third kappa shape index (κ3) is 3.02. The Labute approximate surface area is 110 Å². The van der Waals surface area contributed by atoms with E-state index in [4.69, 9.17) is 0 Å². The Balaban J connectivity index is 2.22. The fraction of sp³-hybridized carbons (Fsp3) is 0.200. The summed E-state index contributed by atoms with van der Waals surface area (Å²) in [5.74, 6) is -0.767. The Morgan fingerprint density at radius 1 is 1.26 bits per heavy atom. The molecule has 1 unspecified atom stereocenters. The molecule has 2 aromatic rings. The van der Waals surface area contributed by atoms with Crippen molar-refractivity contribution in [2.24, 2.45) is 0 Å². The van der Waals surface area contributed by atoms with E-state index in [0.717, 1.165) is 0 Å². The first kappa shape index (κ1) is 13.3. The maximum atomic E-state index is 13.6. The number of nitrogens with zero attached hydrogens (tertiary/aromatic N) is 2. The summed E-state index contributed by atoms with van der Waals surface area (Å²) in [6.45, 7) is 5.40. The molecule has 0 bridgehead atoms. The largest absolute Gasteiger partial charge is 0.264 e. The number of rotatable bonds is 4. The third-order valence-corrected chi connectivity index (χ3v) is 2.97. The van der Waals surface area contributed by atoms with Crippen LogP contribution < -0.4 is 0 Å². The molecule has 0 aliphatic carbocycles. The van der Waals surface area contributed by atoms with Crippen LogP contribution in [-0.4, -0.2) is 9.97 Å². The molecule has 19 heavy (non-hydrogen) atoms. The quantitative estimate of drug-likeness (QED) is 0.836. The van der Waals surface area contributed by atoms with E-state index in [-0.39, 0.29) is 17.4 Å². The lowest BCUT2D eigenvalue weighted by Crippen LogP contribution is -2.04. The highest BCUT2D eigenvalue weighted by Crippen LogP contribution is 2.22. The van der Waals surface area contributed by atoms with Crippen molar-refractivity contribution in [3.8, 4) is 0 Å². The van der Waals surface area contributed by atoms with Crippen LogP contribution in [0, 0.1) is 11.6 Å². The predicted molar refractivity (Wildman–Crippen MR) is 70.6 cm³/mol. The summed E-state index contributed by atoms with van der Waals surface area (Å²) in [4.78, 5) is 8.07. The molecule has 1 atom stereocenters. The SMILES string of the molecule is C=Cc1nc(CC(C)c2cnccc2F)ccc1F. The molecule has 2 heterocycles. The van der Waals surface area contributed by atoms with Gasteiger partial charge in [-0.3, -0.25) is 9.97 Å². The minimum absolute atomic E-state index is 0.0793. The molecule has 4 heteroatoms. The van der Waals surface area contributed by atoms with Crippen molar-refractivity contribution in [2.45, 2.75) is 19.3 Å². The first-order valence-corrected chi connectivity index (χ1v) is 5.99. The van der Waals surface area contributed by atoms with Gasteiger partial charge in [-0.15, -0.1) is 0 Å². The van der Waals surface area contributed by atoms with Crippen molar-refractivity contribution in [2.75, 3.05) is 0 Å². The highest BCUT2D eigenvalue weighted by atomic mass is 19.1. The van der Waals surface area contributed by atoms with Gasteiger partial charge in [0.15, 0.2) is 0 Å². The van der Waals surface area contributed by atoms with Gasteiger partial charge >= 0.3 is 0 Å². The van der Waals surface area contributed by atoms with Gasteiger partial charge in [-0.2, -0.15) is 0 Å². The Morgan fingerprint density at radius 2 is 2.05 bits per heavy atom. The monoisotopic (exact) mass is 260 g/mol. The first-order chi connectivity index (χ1) is 9.11. The van der Waals surface area contributed by atoms with Crippen LogP contribution in [0.4, 0.5) is 8.78 Å². The lowest BCUT2D eigenvalue weighted by atomic mass is 9.97. The van der Waals surface area contributed by atoms with Crippen LogP contribution in [0.15, 0.2) is 37.2 Å². The van der Waals surface area contributed by atoms with Crippen LogP contribution in [0.2, 0.25) is 0 Å². The zero-order chi connectivity index (χ0) is 13.8. The summed E-state index contributed by atoms with van der Waals surface area (Å²) in [7, 11) is 0. The van der Waals surface area contributed by atoms with Gasteiger partial charge in [-0.25, -0.2) is 8.78 Å². The zero-order valence-corrected chi connectivity index (χ0v) is 10.6. The molecule has 0 saturated carbocycles. The van der Waals surface area contributed by atoms with Gasteiger partial charge < -0.3 is 0 Å². The molecule has 0 N–H and O–H groups in total. The maximum absolute atomic E-state index is 13.6. The fourth-order valence-electron chi connectivity index (χ4n) is 1.93. The second-order valence-corrected chi connectivity index (χ2v) is 4.38. The standard InChI is InChI=1S/C15H14F2N2/c1-3-15-14(17)5-4-11(19-15)8-10(2)12-9-18-7-6-13(12)16/h3-7,9-10H,1,8H2,2H3. The van der Waals surface area contributed by atoms with Crippen molar-refractivity contribution >= 4 is 6.08 Å². The molecule has 0 spiro atoms. The molecule has 0 amide bonds. The van der Waals surface area contributed by atoms with E-state index >= 15 is 0 Å². The van der Waals surface area contributed by atoms with Gasteiger partial charge in [-0.1, -0.05) is 13.5 Å². The van der Waals surface area contributed by atoms with Gasteiger partial charge in [0, 0.05) is 23.7 Å². The number of hydrogen-bond acceptors (Lipinski definition) is 2. The molecule has 2 rings (SSSR count). The van der Waals surface area contributed by atoms with E-state index in [1.54, 1.807) is 6.07 Å². The van der Waals surface area contributed by atoms with E-state index in [2.05, 4.69) is 16.5 Å². The lowest BCUT2D eigenvalue weighted by molar-refractivity contribution is 0.580. The normalized spacial score (nSPS) is 12.2. The van der Waals surface area contributed by atoms with Crippen LogP contribution >= 0.6 is 0 Å². The second kappa shape index (κ2) is 5.69. The number of halogens is 2. The maximum Gasteiger partial charge on any atom is 0.148 e. The molecular weight excluding hydrogens is 246 g/mol. The third-order valence-electron chi connectivity index (χ3n) is 2.97. The summed E-state index contributed by atoms with van der Waals surface area (Å²) in [6, 6.07) is 4.29. The van der Waals surface area contributed by atoms with Crippen molar-refractivity contribution in [3.63, 3.8) is 0 Å². The summed E-state index contributed by atoms with van der Waals surface area (Å²) in [6.07, 6.45) is 4.81. The zero-order valence-electron chi connectivity index (χ0n) is 10.6. The van der Waals surface area contributed by atoms with E-state index < -0.39 is 5.82 Å². The van der Waals surface area contributed by atoms with Crippen LogP contribution in [0.25, 0.3) is 6.08 Å². The van der Waals surface area contributed by atoms with Crippen molar-refractivity contribution in [1.29, 1.82) is 0 Å². The van der Waals surface area contributed by atoms with Crippen molar-refractivity contribution in [3.05, 3.63) is 65.8 Å². The molecule has 2 aromatic heterocycles. The van der Waals surface area contributed by atoms with E-state index in [1.165, 1.54) is 30.6 Å². The number of pyridine rings is 2. The second-order valence-electron chi connectivity index (χ2n) is 4.38. The number of hydrogen-bond donors (Lipinski definition) is 0. The predicted octanol–water partition coefficient (Wildman–Crippen LogP) is 3.74. The highest BCUT2D eigenvalue weighted by molar-refractivity contribution is 5.42. The van der Waals surface area contributed by atoms with E-state index in [0.29, 0.717) is 17.7 Å². The summed E-state index contributed by atoms with van der Waals surface area (Å²) < 4.78 is 26.9. The van der Waals surface area contributed by atoms with Gasteiger partial charge in [0.2, 0.25) is 0 Å². The van der Waals surface area contributed by atoms with Crippen molar-refractivity contribution in [1.82, 2.24) is 9.97 Å². The summed E-state index contributed by atoms with van der Waals surface area (Å²) >= 11 is 0. The van der Waals surface area contributed by atoms with Crippen LogP contribution in [0.3, 0.4) is 0 Å². The topological polar surface area (TPSA) is 25.8 Å². The molecule has 0 aliphatic rings. The Kier molecular flexibility index (Phi) is 4.00. The van der Waals surface area contributed by atoms with Crippen LogP contribution in [0.1, 0.15) is 29.8 Å². The molecule has 98 valence electrons. The average molecular weight is 260 g/mol. The average Bonchev–Trinajstić information content (AvgIpc) is 2.41. The molecule has 0 radical (unpaired) electrons. The molecule has 2 nitrogen and oxygen atoms in total. The number of aromatic nitrogens is 2. The van der Waals surface area contributed by atoms with Gasteiger partial charge in [0.1, 0.15) is 11.6 Å². The summed E-state index contributed by atoms with van der Waals surface area (Å²) in [5, 5.41) is 0. The Bertz CT molecular complexity index is 596. The summed E-state index contributed by atoms with van der Waals surface area (Å²) in [5.41, 5.74) is 1.46. The Hall–Kier alpha value is -2.10. The molecular formula is C15H14F2N2. The minimum atomic E-state index is -0.404. The van der Waals surface area contributed by atoms with Crippen molar-refractivity contribution < 1.29 is 8.78 Å². The fourth-order valence-corrected chi connectivity index (χ4v) is 1.93. The minimum Gasteiger partial charge on any atom is -0.264 e. The molecule has 0 aromatic carbocycles. The van der Waals surface area contributed by atoms with Crippen LogP contribution in [0.5, 0.6) is 0 Å². The van der Waals surface area contributed by atoms with Crippen LogP contribution in [-0.2, 0) is 6.42 Å². The molecule has 0 saturated heterocycles. The first-order valence-electron chi connectivity index (χ1n) is 5.99. The Morgan fingerprint density at radius 3 is 2.74 bits per heavy atom. The smallest absolute Gasteiger partial charge is 0.148 e. The van der Waals surface area contributed by atoms with Gasteiger partial charge in [0.05, 0.1) is 5.69 Å². The molecule has 0 aliphatic heterocycles. The van der Waals surface area contributed by atoms with E-state index in [9.17, 15) is 8.78 Å².